The first kappa shape index (κ1) is 13.5. The van der Waals surface area contributed by atoms with Gasteiger partial charge in [0.25, 0.3) is 0 Å². The molecule has 1 aliphatic heterocycles. The summed E-state index contributed by atoms with van der Waals surface area (Å²) in [5.74, 6) is 0.349. The summed E-state index contributed by atoms with van der Waals surface area (Å²) in [7, 11) is 0. The van der Waals surface area contributed by atoms with E-state index in [1.54, 1.807) is 11.8 Å². The van der Waals surface area contributed by atoms with Crippen LogP contribution in [-0.4, -0.2) is 23.6 Å². The number of benzene rings is 1. The Labute approximate surface area is 119 Å². The third-order valence-corrected chi connectivity index (χ3v) is 5.51. The maximum atomic E-state index is 10.7. The van der Waals surface area contributed by atoms with Gasteiger partial charge in [0.2, 0.25) is 0 Å². The molecule has 19 heavy (non-hydrogen) atoms. The van der Waals surface area contributed by atoms with Gasteiger partial charge in [-0.15, -0.1) is 11.8 Å². The van der Waals surface area contributed by atoms with Crippen LogP contribution in [0.5, 0.6) is 0 Å². The first-order valence-electron chi connectivity index (χ1n) is 7.19. The monoisotopic (exact) mass is 278 g/mol. The van der Waals surface area contributed by atoms with Crippen LogP contribution in [0.15, 0.2) is 29.2 Å². The van der Waals surface area contributed by atoms with Crippen molar-refractivity contribution in [3.63, 3.8) is 0 Å². The highest BCUT2D eigenvalue weighted by molar-refractivity contribution is 7.98. The van der Waals surface area contributed by atoms with Gasteiger partial charge < -0.3 is 9.84 Å². The molecule has 1 N–H and O–H groups in total. The van der Waals surface area contributed by atoms with E-state index in [1.165, 1.54) is 24.2 Å². The van der Waals surface area contributed by atoms with E-state index in [9.17, 15) is 5.11 Å². The number of aliphatic hydroxyl groups is 1. The highest BCUT2D eigenvalue weighted by atomic mass is 32.2. The van der Waals surface area contributed by atoms with E-state index in [1.807, 2.05) is 12.1 Å². The van der Waals surface area contributed by atoms with Gasteiger partial charge in [-0.25, -0.2) is 0 Å². The Balaban J connectivity index is 1.77. The van der Waals surface area contributed by atoms with Gasteiger partial charge in [-0.2, -0.15) is 0 Å². The lowest BCUT2D eigenvalue weighted by molar-refractivity contribution is -0.157. The van der Waals surface area contributed by atoms with Crippen molar-refractivity contribution < 1.29 is 9.84 Å². The fourth-order valence-electron chi connectivity index (χ4n) is 3.42. The summed E-state index contributed by atoms with van der Waals surface area (Å²) < 4.78 is 5.96. The zero-order valence-corrected chi connectivity index (χ0v) is 12.3. The molecule has 3 heteroatoms. The molecule has 3 rings (SSSR count). The summed E-state index contributed by atoms with van der Waals surface area (Å²) in [4.78, 5) is 1.20. The minimum absolute atomic E-state index is 0.109. The second-order valence-corrected chi connectivity index (χ2v) is 6.67. The number of rotatable bonds is 3. The lowest BCUT2D eigenvalue weighted by atomic mass is 9.70. The van der Waals surface area contributed by atoms with Gasteiger partial charge in [0, 0.05) is 11.5 Å². The van der Waals surface area contributed by atoms with Crippen LogP contribution in [0, 0.1) is 5.92 Å². The number of hydrogen-bond acceptors (Lipinski definition) is 3. The van der Waals surface area contributed by atoms with Gasteiger partial charge in [0.1, 0.15) is 0 Å². The molecule has 0 amide bonds. The topological polar surface area (TPSA) is 29.5 Å². The summed E-state index contributed by atoms with van der Waals surface area (Å²) in [6.07, 6.45) is 7.38. The van der Waals surface area contributed by atoms with E-state index in [-0.39, 0.29) is 11.7 Å². The van der Waals surface area contributed by atoms with Gasteiger partial charge in [-0.1, -0.05) is 18.2 Å². The molecule has 0 aromatic heterocycles. The molecular formula is C16H22O2S. The SMILES string of the molecule is CSc1ccccc1C(O)C1CCOC2(CCC2)C1. The molecule has 1 saturated carbocycles. The second kappa shape index (κ2) is 5.47. The van der Waals surface area contributed by atoms with Crippen molar-refractivity contribution in [1.29, 1.82) is 0 Å². The van der Waals surface area contributed by atoms with Gasteiger partial charge in [-0.05, 0) is 55.9 Å². The normalized spacial score (nSPS) is 26.9. The first-order valence-corrected chi connectivity index (χ1v) is 8.41. The number of thioether (sulfide) groups is 1. The minimum atomic E-state index is -0.343. The second-order valence-electron chi connectivity index (χ2n) is 5.82. The Morgan fingerprint density at radius 2 is 2.16 bits per heavy atom. The maximum absolute atomic E-state index is 10.7. The molecule has 1 aromatic rings. The molecule has 2 unspecified atom stereocenters. The molecule has 1 heterocycles. The average molecular weight is 278 g/mol. The van der Waals surface area contributed by atoms with Crippen molar-refractivity contribution in [2.24, 2.45) is 5.92 Å². The van der Waals surface area contributed by atoms with Crippen molar-refractivity contribution in [1.82, 2.24) is 0 Å². The fourth-order valence-corrected chi connectivity index (χ4v) is 4.06. The standard InChI is InChI=1S/C16H22O2S/c1-19-14-6-3-2-5-13(14)15(17)12-7-10-18-16(11-12)8-4-9-16/h2-3,5-6,12,15,17H,4,7-11H2,1H3. The number of ether oxygens (including phenoxy) is 1. The molecule has 104 valence electrons. The highest BCUT2D eigenvalue weighted by Crippen LogP contribution is 2.47. The molecule has 1 aromatic carbocycles. The van der Waals surface area contributed by atoms with Crippen LogP contribution in [-0.2, 0) is 4.74 Å². The van der Waals surface area contributed by atoms with Crippen molar-refractivity contribution >= 4 is 11.8 Å². The van der Waals surface area contributed by atoms with Gasteiger partial charge in [0.15, 0.2) is 0 Å². The predicted molar refractivity (Wildman–Crippen MR) is 78.4 cm³/mol. The first-order chi connectivity index (χ1) is 9.24. The summed E-state index contributed by atoms with van der Waals surface area (Å²) in [5.41, 5.74) is 1.20. The van der Waals surface area contributed by atoms with Crippen molar-refractivity contribution in [2.45, 2.75) is 48.7 Å². The molecule has 1 aliphatic carbocycles. The van der Waals surface area contributed by atoms with Crippen LogP contribution in [0.1, 0.15) is 43.8 Å². The molecular weight excluding hydrogens is 256 g/mol. The fraction of sp³-hybridized carbons (Fsp3) is 0.625. The van der Waals surface area contributed by atoms with E-state index >= 15 is 0 Å². The average Bonchev–Trinajstić information content (AvgIpc) is 2.45. The Bertz CT molecular complexity index is 442. The molecule has 2 aliphatic rings. The van der Waals surface area contributed by atoms with Crippen molar-refractivity contribution in [2.75, 3.05) is 12.9 Å². The van der Waals surface area contributed by atoms with Crippen LogP contribution >= 0.6 is 11.8 Å². The Morgan fingerprint density at radius 3 is 2.84 bits per heavy atom. The smallest absolute Gasteiger partial charge is 0.0830 e. The largest absolute Gasteiger partial charge is 0.388 e. The van der Waals surface area contributed by atoms with E-state index in [0.717, 1.165) is 25.0 Å². The predicted octanol–water partition coefficient (Wildman–Crippen LogP) is 3.79. The third kappa shape index (κ3) is 2.56. The number of aliphatic hydroxyl groups excluding tert-OH is 1. The molecule has 2 fully saturated rings. The summed E-state index contributed by atoms with van der Waals surface area (Å²) in [6, 6.07) is 8.23. The maximum Gasteiger partial charge on any atom is 0.0830 e. The summed E-state index contributed by atoms with van der Waals surface area (Å²) >= 11 is 1.72. The van der Waals surface area contributed by atoms with Crippen molar-refractivity contribution in [3.8, 4) is 0 Å². The Kier molecular flexibility index (Phi) is 3.88. The summed E-state index contributed by atoms with van der Waals surface area (Å²) in [6.45, 7) is 0.809. The highest BCUT2D eigenvalue weighted by Gasteiger charge is 2.44. The summed E-state index contributed by atoms with van der Waals surface area (Å²) in [5, 5.41) is 10.7. The van der Waals surface area contributed by atoms with E-state index in [4.69, 9.17) is 4.74 Å². The zero-order chi connectivity index (χ0) is 13.3. The van der Waals surface area contributed by atoms with Gasteiger partial charge in [0.05, 0.1) is 11.7 Å². The van der Waals surface area contributed by atoms with Crippen LogP contribution in [0.25, 0.3) is 0 Å². The molecule has 2 atom stereocenters. The molecule has 2 nitrogen and oxygen atoms in total. The quantitative estimate of drug-likeness (QED) is 0.853. The molecule has 0 radical (unpaired) electrons. The molecule has 1 saturated heterocycles. The lowest BCUT2D eigenvalue weighted by Gasteiger charge is -2.48. The molecule has 1 spiro atoms. The van der Waals surface area contributed by atoms with Crippen LogP contribution in [0.3, 0.4) is 0 Å². The zero-order valence-electron chi connectivity index (χ0n) is 11.5. The van der Waals surface area contributed by atoms with Crippen LogP contribution in [0.2, 0.25) is 0 Å². The Morgan fingerprint density at radius 1 is 1.37 bits per heavy atom. The van der Waals surface area contributed by atoms with Crippen LogP contribution in [0.4, 0.5) is 0 Å². The molecule has 0 bridgehead atoms. The van der Waals surface area contributed by atoms with Crippen molar-refractivity contribution in [3.05, 3.63) is 29.8 Å². The third-order valence-electron chi connectivity index (χ3n) is 4.70. The Hall–Kier alpha value is -0.510. The number of hydrogen-bond donors (Lipinski definition) is 1. The van der Waals surface area contributed by atoms with Gasteiger partial charge in [-0.3, -0.25) is 0 Å². The van der Waals surface area contributed by atoms with E-state index in [2.05, 4.69) is 18.4 Å². The van der Waals surface area contributed by atoms with Gasteiger partial charge >= 0.3 is 0 Å². The van der Waals surface area contributed by atoms with E-state index in [0.29, 0.717) is 5.92 Å². The lowest BCUT2D eigenvalue weighted by Crippen LogP contribution is -2.46. The minimum Gasteiger partial charge on any atom is -0.388 e. The van der Waals surface area contributed by atoms with E-state index < -0.39 is 0 Å². The van der Waals surface area contributed by atoms with Crippen LogP contribution < -0.4 is 0 Å².